The Labute approximate surface area is 115 Å². The van der Waals surface area contributed by atoms with E-state index in [1.165, 1.54) is 10.9 Å². The Balaban J connectivity index is 2.51. The molecule has 0 aliphatic rings. The van der Waals surface area contributed by atoms with E-state index in [2.05, 4.69) is 51.1 Å². The summed E-state index contributed by atoms with van der Waals surface area (Å²) in [6, 6.07) is 12.8. The summed E-state index contributed by atoms with van der Waals surface area (Å²) in [5.74, 6) is 0.946. The van der Waals surface area contributed by atoms with Gasteiger partial charge in [-0.05, 0) is 51.1 Å². The van der Waals surface area contributed by atoms with Gasteiger partial charge in [-0.3, -0.25) is 0 Å². The Hall–Kier alpha value is -1.54. The van der Waals surface area contributed by atoms with E-state index in [0.29, 0.717) is 0 Å². The maximum absolute atomic E-state index is 6.10. The van der Waals surface area contributed by atoms with Crippen LogP contribution in [0.2, 0.25) is 0 Å². The van der Waals surface area contributed by atoms with Crippen molar-refractivity contribution in [1.29, 1.82) is 0 Å². The van der Waals surface area contributed by atoms with Gasteiger partial charge in [0.15, 0.2) is 0 Å². The largest absolute Gasteiger partial charge is 0.488 e. The number of rotatable bonds is 3. The molecule has 1 atom stereocenters. The smallest absolute Gasteiger partial charge is 0.128 e. The zero-order valence-corrected chi connectivity index (χ0v) is 12.2. The number of hydrogen-bond acceptors (Lipinski definition) is 2. The quantitative estimate of drug-likeness (QED) is 0.905. The number of fused-ring (bicyclic) bond motifs is 1. The van der Waals surface area contributed by atoms with Crippen LogP contribution in [0, 0.1) is 0 Å². The van der Waals surface area contributed by atoms with Crippen molar-refractivity contribution >= 4 is 10.8 Å². The molecule has 2 heteroatoms. The van der Waals surface area contributed by atoms with Gasteiger partial charge in [-0.1, -0.05) is 30.3 Å². The van der Waals surface area contributed by atoms with Crippen molar-refractivity contribution in [2.75, 3.05) is 0 Å². The average Bonchev–Trinajstić information content (AvgIpc) is 2.26. The van der Waals surface area contributed by atoms with Crippen LogP contribution in [0.1, 0.15) is 33.3 Å². The van der Waals surface area contributed by atoms with E-state index in [1.807, 2.05) is 13.0 Å². The van der Waals surface area contributed by atoms with E-state index >= 15 is 0 Å². The Morgan fingerprint density at radius 1 is 1.16 bits per heavy atom. The molecule has 102 valence electrons. The topological polar surface area (TPSA) is 35.2 Å². The van der Waals surface area contributed by atoms with Crippen molar-refractivity contribution < 1.29 is 4.74 Å². The van der Waals surface area contributed by atoms with Crippen LogP contribution in [0.15, 0.2) is 36.4 Å². The van der Waals surface area contributed by atoms with Gasteiger partial charge in [0.2, 0.25) is 0 Å². The summed E-state index contributed by atoms with van der Waals surface area (Å²) >= 11 is 0. The molecule has 0 aliphatic carbocycles. The first-order chi connectivity index (χ1) is 8.85. The minimum atomic E-state index is -0.199. The highest BCUT2D eigenvalue weighted by atomic mass is 16.5. The van der Waals surface area contributed by atoms with Crippen LogP contribution in [-0.4, -0.2) is 11.6 Å². The van der Waals surface area contributed by atoms with Crippen molar-refractivity contribution in [3.63, 3.8) is 0 Å². The number of nitrogens with two attached hydrogens (primary N) is 1. The molecule has 2 nitrogen and oxygen atoms in total. The predicted molar refractivity (Wildman–Crippen MR) is 81.7 cm³/mol. The van der Waals surface area contributed by atoms with Crippen LogP contribution in [0.25, 0.3) is 10.8 Å². The van der Waals surface area contributed by atoms with E-state index in [4.69, 9.17) is 10.5 Å². The van der Waals surface area contributed by atoms with Gasteiger partial charge in [-0.15, -0.1) is 0 Å². The third-order valence-electron chi connectivity index (χ3n) is 2.86. The number of hydrogen-bond donors (Lipinski definition) is 1. The summed E-state index contributed by atoms with van der Waals surface area (Å²) in [7, 11) is 0. The van der Waals surface area contributed by atoms with Crippen LogP contribution in [-0.2, 0) is 6.42 Å². The highest BCUT2D eigenvalue weighted by molar-refractivity contribution is 5.89. The molecule has 0 amide bonds. The van der Waals surface area contributed by atoms with E-state index in [-0.39, 0.29) is 11.6 Å². The molecule has 0 aliphatic heterocycles. The molecule has 0 aromatic heterocycles. The van der Waals surface area contributed by atoms with Crippen LogP contribution in [0.3, 0.4) is 0 Å². The molecular formula is C17H23NO. The maximum Gasteiger partial charge on any atom is 0.128 e. The second-order valence-corrected chi connectivity index (χ2v) is 6.21. The molecule has 2 N–H and O–H groups in total. The van der Waals surface area contributed by atoms with E-state index < -0.39 is 0 Å². The molecule has 0 heterocycles. The van der Waals surface area contributed by atoms with Gasteiger partial charge in [-0.25, -0.2) is 0 Å². The van der Waals surface area contributed by atoms with E-state index in [0.717, 1.165) is 17.6 Å². The first kappa shape index (κ1) is 13.9. The molecular weight excluding hydrogens is 234 g/mol. The van der Waals surface area contributed by atoms with Crippen LogP contribution < -0.4 is 10.5 Å². The molecule has 0 unspecified atom stereocenters. The monoisotopic (exact) mass is 257 g/mol. The molecule has 0 saturated heterocycles. The maximum atomic E-state index is 6.10. The SMILES string of the molecule is C[C@@H](N)Cc1cc(OC(C)(C)C)c2ccccc2c1. The lowest BCUT2D eigenvalue weighted by atomic mass is 10.0. The minimum Gasteiger partial charge on any atom is -0.488 e. The summed E-state index contributed by atoms with van der Waals surface area (Å²) < 4.78 is 6.10. The number of ether oxygens (including phenoxy) is 1. The van der Waals surface area contributed by atoms with Gasteiger partial charge in [0.25, 0.3) is 0 Å². The summed E-state index contributed by atoms with van der Waals surface area (Å²) in [6.45, 7) is 8.24. The van der Waals surface area contributed by atoms with Crippen LogP contribution >= 0.6 is 0 Å². The normalized spacial score (nSPS) is 13.5. The van der Waals surface area contributed by atoms with Crippen LogP contribution in [0.5, 0.6) is 5.75 Å². The van der Waals surface area contributed by atoms with Crippen molar-refractivity contribution in [3.05, 3.63) is 42.0 Å². The van der Waals surface area contributed by atoms with Crippen molar-refractivity contribution in [2.45, 2.75) is 45.8 Å². The third kappa shape index (κ3) is 3.71. The highest BCUT2D eigenvalue weighted by Crippen LogP contribution is 2.30. The fourth-order valence-corrected chi connectivity index (χ4v) is 2.24. The second-order valence-electron chi connectivity index (χ2n) is 6.21. The predicted octanol–water partition coefficient (Wildman–Crippen LogP) is 3.91. The molecule has 0 spiro atoms. The summed E-state index contributed by atoms with van der Waals surface area (Å²) in [6.07, 6.45) is 0.866. The molecule has 2 aromatic carbocycles. The summed E-state index contributed by atoms with van der Waals surface area (Å²) in [5.41, 5.74) is 6.94. The first-order valence-corrected chi connectivity index (χ1v) is 6.81. The van der Waals surface area contributed by atoms with Crippen molar-refractivity contribution in [3.8, 4) is 5.75 Å². The zero-order chi connectivity index (χ0) is 14.0. The molecule has 0 saturated carbocycles. The molecule has 19 heavy (non-hydrogen) atoms. The number of benzene rings is 2. The molecule has 0 fully saturated rings. The van der Waals surface area contributed by atoms with Gasteiger partial charge < -0.3 is 10.5 Å². The molecule has 0 bridgehead atoms. The van der Waals surface area contributed by atoms with Gasteiger partial charge in [0.1, 0.15) is 11.4 Å². The van der Waals surface area contributed by atoms with Gasteiger partial charge in [-0.2, -0.15) is 0 Å². The average molecular weight is 257 g/mol. The highest BCUT2D eigenvalue weighted by Gasteiger charge is 2.15. The second kappa shape index (κ2) is 5.22. The Morgan fingerprint density at radius 3 is 2.47 bits per heavy atom. The van der Waals surface area contributed by atoms with E-state index in [1.54, 1.807) is 0 Å². The van der Waals surface area contributed by atoms with Crippen LogP contribution in [0.4, 0.5) is 0 Å². The summed E-state index contributed by atoms with van der Waals surface area (Å²) in [5, 5.41) is 2.37. The van der Waals surface area contributed by atoms with E-state index in [9.17, 15) is 0 Å². The van der Waals surface area contributed by atoms with Crippen molar-refractivity contribution in [2.24, 2.45) is 5.73 Å². The van der Waals surface area contributed by atoms with Gasteiger partial charge in [0, 0.05) is 11.4 Å². The molecule has 0 radical (unpaired) electrons. The lowest BCUT2D eigenvalue weighted by Crippen LogP contribution is -2.23. The lowest BCUT2D eigenvalue weighted by molar-refractivity contribution is 0.133. The minimum absolute atomic E-state index is 0.156. The van der Waals surface area contributed by atoms with Gasteiger partial charge in [0.05, 0.1) is 0 Å². The summed E-state index contributed by atoms with van der Waals surface area (Å²) in [4.78, 5) is 0. The Bertz CT molecular complexity index is 567. The fourth-order valence-electron chi connectivity index (χ4n) is 2.24. The standard InChI is InChI=1S/C17H23NO/c1-12(18)9-13-10-14-7-5-6-8-15(14)16(11-13)19-17(2,3)4/h5-8,10-12H,9,18H2,1-4H3/t12-/m1/s1. The Morgan fingerprint density at radius 2 is 1.84 bits per heavy atom. The molecule has 2 aromatic rings. The lowest BCUT2D eigenvalue weighted by Gasteiger charge is -2.23. The zero-order valence-electron chi connectivity index (χ0n) is 12.2. The fraction of sp³-hybridized carbons (Fsp3) is 0.412. The molecule has 2 rings (SSSR count). The van der Waals surface area contributed by atoms with Crippen molar-refractivity contribution in [1.82, 2.24) is 0 Å². The third-order valence-corrected chi connectivity index (χ3v) is 2.86. The van der Waals surface area contributed by atoms with Gasteiger partial charge >= 0.3 is 0 Å². The Kier molecular flexibility index (Phi) is 3.81. The first-order valence-electron chi connectivity index (χ1n) is 6.81.